The fourth-order valence-electron chi connectivity index (χ4n) is 2.64. The molecule has 0 fully saturated rings. The van der Waals surface area contributed by atoms with Gasteiger partial charge in [0.05, 0.1) is 22.1 Å². The third kappa shape index (κ3) is 3.61. The molecule has 0 aromatic heterocycles. The summed E-state index contributed by atoms with van der Waals surface area (Å²) < 4.78 is 29.2. The van der Waals surface area contributed by atoms with Crippen LogP contribution in [0.15, 0.2) is 47.4 Å². The molecule has 0 spiro atoms. The van der Waals surface area contributed by atoms with Gasteiger partial charge < -0.3 is 9.57 Å². The van der Waals surface area contributed by atoms with E-state index >= 15 is 0 Å². The highest BCUT2D eigenvalue weighted by atomic mass is 32.2. The Bertz CT molecular complexity index is 1050. The highest BCUT2D eigenvalue weighted by molar-refractivity contribution is 7.90. The Balaban J connectivity index is 1.96. The first-order valence-corrected chi connectivity index (χ1v) is 10.2. The largest absolute Gasteiger partial charge is 0.490 e. The second kappa shape index (κ2) is 7.08. The van der Waals surface area contributed by atoms with Crippen molar-refractivity contribution in [2.75, 3.05) is 6.26 Å². The molecule has 0 saturated heterocycles. The van der Waals surface area contributed by atoms with Gasteiger partial charge in [-0.05, 0) is 44.2 Å². The Morgan fingerprint density at radius 3 is 2.07 bits per heavy atom. The summed E-state index contributed by atoms with van der Waals surface area (Å²) in [7, 11) is -3.61. The van der Waals surface area contributed by atoms with Crippen LogP contribution < -0.4 is 4.74 Å². The molecule has 0 bridgehead atoms. The van der Waals surface area contributed by atoms with Crippen molar-refractivity contribution in [3.8, 4) is 5.75 Å². The van der Waals surface area contributed by atoms with E-state index in [0.29, 0.717) is 5.06 Å². The number of carbonyl (C=O) groups is 3. The molecule has 0 unspecified atom stereocenters. The number of nitrogens with zero attached hydrogens (tertiary/aromatic N) is 1. The van der Waals surface area contributed by atoms with Gasteiger partial charge in [0.15, 0.2) is 9.84 Å². The van der Waals surface area contributed by atoms with Crippen molar-refractivity contribution >= 4 is 27.6 Å². The topological polar surface area (TPSA) is 107 Å². The highest BCUT2D eigenvalue weighted by Crippen LogP contribution is 2.27. The summed E-state index contributed by atoms with van der Waals surface area (Å²) in [5.74, 6) is -2.57. The van der Waals surface area contributed by atoms with Crippen LogP contribution in [-0.4, -0.2) is 43.6 Å². The molecule has 28 heavy (non-hydrogen) atoms. The van der Waals surface area contributed by atoms with E-state index in [4.69, 9.17) is 9.57 Å². The van der Waals surface area contributed by atoms with Gasteiger partial charge in [0, 0.05) is 6.26 Å². The normalized spacial score (nSPS) is 13.6. The minimum absolute atomic E-state index is 0.0732. The number of fused-ring (bicyclic) bond motifs is 1. The molecule has 3 rings (SSSR count). The number of hydrogen-bond donors (Lipinski definition) is 0. The van der Waals surface area contributed by atoms with Crippen LogP contribution in [0.5, 0.6) is 5.75 Å². The molecule has 0 aliphatic carbocycles. The van der Waals surface area contributed by atoms with Gasteiger partial charge in [0.2, 0.25) is 0 Å². The maximum Gasteiger partial charge on any atom is 0.367 e. The first-order valence-electron chi connectivity index (χ1n) is 8.30. The van der Waals surface area contributed by atoms with Crippen LogP contribution in [0.2, 0.25) is 0 Å². The van der Waals surface area contributed by atoms with Gasteiger partial charge >= 0.3 is 5.97 Å². The van der Waals surface area contributed by atoms with Crippen LogP contribution in [0.4, 0.5) is 0 Å². The smallest absolute Gasteiger partial charge is 0.367 e. The fourth-order valence-corrected chi connectivity index (χ4v) is 3.29. The molecular weight excluding hydrogens is 386 g/mol. The average molecular weight is 403 g/mol. The van der Waals surface area contributed by atoms with E-state index in [0.717, 1.165) is 12.3 Å². The first-order chi connectivity index (χ1) is 13.1. The minimum Gasteiger partial charge on any atom is -0.490 e. The maximum absolute atomic E-state index is 12.7. The molecule has 0 atom stereocenters. The number of rotatable bonds is 5. The van der Waals surface area contributed by atoms with Crippen molar-refractivity contribution in [1.82, 2.24) is 5.06 Å². The van der Waals surface area contributed by atoms with Gasteiger partial charge in [-0.25, -0.2) is 13.2 Å². The molecule has 0 radical (unpaired) electrons. The zero-order valence-corrected chi connectivity index (χ0v) is 16.1. The Labute approximate surface area is 161 Å². The Kier molecular flexibility index (Phi) is 4.95. The zero-order valence-electron chi connectivity index (χ0n) is 15.3. The molecule has 2 aromatic rings. The van der Waals surface area contributed by atoms with Crippen LogP contribution in [0.1, 0.15) is 44.9 Å². The second-order valence-electron chi connectivity index (χ2n) is 6.43. The molecule has 8 nitrogen and oxygen atoms in total. The second-order valence-corrected chi connectivity index (χ2v) is 8.44. The summed E-state index contributed by atoms with van der Waals surface area (Å²) in [5, 5.41) is 0.360. The van der Waals surface area contributed by atoms with Crippen LogP contribution in [0, 0.1) is 0 Å². The lowest BCUT2D eigenvalue weighted by Crippen LogP contribution is -2.33. The number of imide groups is 1. The number of sulfone groups is 1. The molecular formula is C19H17NO7S. The molecule has 1 aliphatic heterocycles. The molecule has 1 heterocycles. The summed E-state index contributed by atoms with van der Waals surface area (Å²) in [6, 6.07) is 9.77. The molecule has 2 aromatic carbocycles. The van der Waals surface area contributed by atoms with E-state index in [1.165, 1.54) is 24.3 Å². The third-order valence-electron chi connectivity index (χ3n) is 3.89. The van der Waals surface area contributed by atoms with Crippen molar-refractivity contribution in [2.24, 2.45) is 0 Å². The number of amides is 2. The predicted octanol–water partition coefficient (Wildman–Crippen LogP) is 2.25. The number of ether oxygens (including phenoxy) is 1. The molecule has 0 saturated carbocycles. The summed E-state index contributed by atoms with van der Waals surface area (Å²) >= 11 is 0. The van der Waals surface area contributed by atoms with Crippen molar-refractivity contribution in [1.29, 1.82) is 0 Å². The van der Waals surface area contributed by atoms with Crippen LogP contribution >= 0.6 is 0 Å². The van der Waals surface area contributed by atoms with E-state index in [2.05, 4.69) is 0 Å². The molecule has 1 aliphatic rings. The minimum atomic E-state index is -3.61. The summed E-state index contributed by atoms with van der Waals surface area (Å²) in [6.07, 6.45) is 0.680. The van der Waals surface area contributed by atoms with Gasteiger partial charge in [-0.15, -0.1) is 0 Å². The van der Waals surface area contributed by atoms with E-state index in [1.807, 2.05) is 0 Å². The quantitative estimate of drug-likeness (QED) is 0.705. The van der Waals surface area contributed by atoms with Gasteiger partial charge in [-0.1, -0.05) is 17.2 Å². The predicted molar refractivity (Wildman–Crippen MR) is 97.7 cm³/mol. The Morgan fingerprint density at radius 2 is 1.57 bits per heavy atom. The summed E-state index contributed by atoms with van der Waals surface area (Å²) in [6.45, 7) is 3.45. The van der Waals surface area contributed by atoms with E-state index in [1.54, 1.807) is 26.0 Å². The highest BCUT2D eigenvalue weighted by Gasteiger charge is 2.39. The lowest BCUT2D eigenvalue weighted by Gasteiger charge is -2.17. The van der Waals surface area contributed by atoms with Crippen molar-refractivity contribution in [2.45, 2.75) is 24.8 Å². The van der Waals surface area contributed by atoms with Gasteiger partial charge in [0.25, 0.3) is 11.8 Å². The van der Waals surface area contributed by atoms with Crippen molar-refractivity contribution in [3.63, 3.8) is 0 Å². The molecule has 0 N–H and O–H groups in total. The fraction of sp³-hybridized carbons (Fsp3) is 0.211. The lowest BCUT2D eigenvalue weighted by atomic mass is 10.1. The lowest BCUT2D eigenvalue weighted by molar-refractivity contribution is -0.0587. The Hall–Kier alpha value is -3.20. The number of carbonyl (C=O) groups excluding carboxylic acids is 3. The average Bonchev–Trinajstić information content (AvgIpc) is 2.86. The van der Waals surface area contributed by atoms with Crippen molar-refractivity contribution < 1.29 is 32.4 Å². The standard InChI is InChI=1S/C19H17NO7S/c1-11(2)26-16-9-8-12(28(3,24)25)10-15(16)19(23)27-20-17(21)13-6-4-5-7-14(13)18(20)22/h4-11H,1-3H3. The Morgan fingerprint density at radius 1 is 1.00 bits per heavy atom. The number of hydrogen-bond acceptors (Lipinski definition) is 7. The summed E-state index contributed by atoms with van der Waals surface area (Å²) in [5.41, 5.74) is 0.0147. The molecule has 146 valence electrons. The number of hydroxylamine groups is 2. The van der Waals surface area contributed by atoms with Crippen LogP contribution in [0.25, 0.3) is 0 Å². The zero-order chi connectivity index (χ0) is 20.6. The molecule has 2 amide bonds. The third-order valence-corrected chi connectivity index (χ3v) is 5.00. The number of benzene rings is 2. The first kappa shape index (κ1) is 19.6. The van der Waals surface area contributed by atoms with Gasteiger partial charge in [-0.2, -0.15) is 0 Å². The monoisotopic (exact) mass is 403 g/mol. The van der Waals surface area contributed by atoms with Crippen molar-refractivity contribution in [3.05, 3.63) is 59.2 Å². The maximum atomic E-state index is 12.7. The van der Waals surface area contributed by atoms with Gasteiger partial charge in [0.1, 0.15) is 11.3 Å². The van der Waals surface area contributed by atoms with E-state index in [-0.39, 0.29) is 33.4 Å². The molecule has 9 heteroatoms. The van der Waals surface area contributed by atoms with E-state index < -0.39 is 27.6 Å². The van der Waals surface area contributed by atoms with Crippen LogP contribution in [-0.2, 0) is 14.7 Å². The van der Waals surface area contributed by atoms with Gasteiger partial charge in [-0.3, -0.25) is 9.59 Å². The SMILES string of the molecule is CC(C)Oc1ccc(S(C)(=O)=O)cc1C(=O)ON1C(=O)c2ccccc2C1=O. The van der Waals surface area contributed by atoms with E-state index in [9.17, 15) is 22.8 Å². The summed E-state index contributed by atoms with van der Waals surface area (Å²) in [4.78, 5) is 42.3. The van der Waals surface area contributed by atoms with Crippen LogP contribution in [0.3, 0.4) is 0 Å².